The summed E-state index contributed by atoms with van der Waals surface area (Å²) in [7, 11) is 0. The van der Waals surface area contributed by atoms with E-state index < -0.39 is 5.97 Å². The number of carbonyl (C=O) groups is 1. The molecule has 0 atom stereocenters. The first kappa shape index (κ1) is 21.1. The van der Waals surface area contributed by atoms with E-state index in [9.17, 15) is 10.1 Å². The average molecular weight is 422 g/mol. The van der Waals surface area contributed by atoms with Gasteiger partial charge in [0.1, 0.15) is 11.3 Å². The van der Waals surface area contributed by atoms with Crippen LogP contribution < -0.4 is 4.74 Å². The second-order valence-electron chi connectivity index (χ2n) is 7.14. The standard InChI is InChI=1S/C27H22N2O3/c1-3-23-26(25(27(30)31-4-2)22-11-7-8-12-24(22)29-23)32-20-15-13-18(14-16-20)21-10-6-5-9-19(21)17-28/h5-16H,3-4H2,1-2H3. The van der Waals surface area contributed by atoms with Crippen LogP contribution in [0.2, 0.25) is 0 Å². The zero-order valence-corrected chi connectivity index (χ0v) is 18.0. The topological polar surface area (TPSA) is 72.2 Å². The number of nitrogens with zero attached hydrogens (tertiary/aromatic N) is 2. The van der Waals surface area contributed by atoms with Gasteiger partial charge in [0, 0.05) is 5.39 Å². The zero-order chi connectivity index (χ0) is 22.5. The number of para-hydroxylation sites is 1. The summed E-state index contributed by atoms with van der Waals surface area (Å²) in [5.74, 6) is 0.547. The van der Waals surface area contributed by atoms with Gasteiger partial charge in [-0.05, 0) is 48.7 Å². The number of aromatic nitrogens is 1. The molecule has 0 fully saturated rings. The van der Waals surface area contributed by atoms with Crippen LogP contribution in [0.5, 0.6) is 11.5 Å². The molecular formula is C27H22N2O3. The van der Waals surface area contributed by atoms with Crippen molar-refractivity contribution in [3.8, 4) is 28.7 Å². The van der Waals surface area contributed by atoms with E-state index in [0.717, 1.165) is 16.6 Å². The monoisotopic (exact) mass is 422 g/mol. The maximum Gasteiger partial charge on any atom is 0.342 e. The van der Waals surface area contributed by atoms with Gasteiger partial charge >= 0.3 is 5.97 Å². The number of nitriles is 1. The first-order chi connectivity index (χ1) is 15.7. The van der Waals surface area contributed by atoms with Crippen LogP contribution in [0.1, 0.15) is 35.5 Å². The Hall–Kier alpha value is -4.17. The molecule has 0 aliphatic rings. The van der Waals surface area contributed by atoms with Crippen molar-refractivity contribution >= 4 is 16.9 Å². The molecule has 158 valence electrons. The number of carbonyl (C=O) groups excluding carboxylic acids is 1. The molecule has 0 unspecified atom stereocenters. The first-order valence-electron chi connectivity index (χ1n) is 10.5. The minimum absolute atomic E-state index is 0.267. The highest BCUT2D eigenvalue weighted by Crippen LogP contribution is 2.35. The minimum atomic E-state index is -0.435. The molecule has 32 heavy (non-hydrogen) atoms. The molecule has 0 aliphatic heterocycles. The molecule has 0 radical (unpaired) electrons. The molecule has 0 aliphatic carbocycles. The van der Waals surface area contributed by atoms with Gasteiger partial charge in [0.25, 0.3) is 0 Å². The Balaban J connectivity index is 1.78. The fourth-order valence-corrected chi connectivity index (χ4v) is 3.65. The third-order valence-electron chi connectivity index (χ3n) is 5.17. The summed E-state index contributed by atoms with van der Waals surface area (Å²) in [6.45, 7) is 4.02. The molecule has 4 rings (SSSR count). The van der Waals surface area contributed by atoms with Crippen LogP contribution in [0.25, 0.3) is 22.0 Å². The highest BCUT2D eigenvalue weighted by molar-refractivity contribution is 6.06. The molecule has 0 N–H and O–H groups in total. The third kappa shape index (κ3) is 4.03. The van der Waals surface area contributed by atoms with E-state index >= 15 is 0 Å². The average Bonchev–Trinajstić information content (AvgIpc) is 2.84. The normalized spacial score (nSPS) is 10.5. The van der Waals surface area contributed by atoms with Gasteiger partial charge in [-0.2, -0.15) is 5.26 Å². The fourth-order valence-electron chi connectivity index (χ4n) is 3.65. The molecule has 0 saturated carbocycles. The van der Waals surface area contributed by atoms with Crippen molar-refractivity contribution in [2.24, 2.45) is 0 Å². The Labute approximate surface area is 186 Å². The highest BCUT2D eigenvalue weighted by Gasteiger charge is 2.23. The Bertz CT molecular complexity index is 1320. The van der Waals surface area contributed by atoms with Crippen LogP contribution in [0.15, 0.2) is 72.8 Å². The number of hydrogen-bond acceptors (Lipinski definition) is 5. The van der Waals surface area contributed by atoms with E-state index in [1.165, 1.54) is 0 Å². The van der Waals surface area contributed by atoms with Crippen LogP contribution >= 0.6 is 0 Å². The van der Waals surface area contributed by atoms with Gasteiger partial charge in [0.15, 0.2) is 5.75 Å². The van der Waals surface area contributed by atoms with Gasteiger partial charge in [-0.15, -0.1) is 0 Å². The number of aryl methyl sites for hydroxylation is 1. The molecule has 0 saturated heterocycles. The molecule has 0 amide bonds. The van der Waals surface area contributed by atoms with Crippen molar-refractivity contribution in [2.75, 3.05) is 6.61 Å². The second-order valence-corrected chi connectivity index (χ2v) is 7.14. The second kappa shape index (κ2) is 9.32. The zero-order valence-electron chi connectivity index (χ0n) is 18.0. The van der Waals surface area contributed by atoms with Gasteiger partial charge < -0.3 is 9.47 Å². The SMILES string of the molecule is CCOC(=O)c1c(Oc2ccc(-c3ccccc3C#N)cc2)c(CC)nc2ccccc12. The Kier molecular flexibility index (Phi) is 6.14. The lowest BCUT2D eigenvalue weighted by atomic mass is 10.0. The molecule has 0 spiro atoms. The number of esters is 1. The summed E-state index contributed by atoms with van der Waals surface area (Å²) in [4.78, 5) is 17.6. The van der Waals surface area contributed by atoms with Crippen molar-refractivity contribution in [3.05, 3.63) is 89.6 Å². The summed E-state index contributed by atoms with van der Waals surface area (Å²) in [5, 5.41) is 10.1. The maximum absolute atomic E-state index is 12.9. The van der Waals surface area contributed by atoms with E-state index in [0.29, 0.717) is 40.1 Å². The number of rotatable bonds is 6. The Morgan fingerprint density at radius 3 is 2.41 bits per heavy atom. The van der Waals surface area contributed by atoms with E-state index in [1.807, 2.05) is 73.7 Å². The molecular weight excluding hydrogens is 400 g/mol. The van der Waals surface area contributed by atoms with Crippen molar-refractivity contribution in [3.63, 3.8) is 0 Å². The lowest BCUT2D eigenvalue weighted by molar-refractivity contribution is 0.0525. The van der Waals surface area contributed by atoms with Gasteiger partial charge in [-0.1, -0.05) is 55.5 Å². The Morgan fingerprint density at radius 2 is 1.69 bits per heavy atom. The summed E-state index contributed by atoms with van der Waals surface area (Å²) in [5.41, 5.74) is 4.17. The number of ether oxygens (including phenoxy) is 2. The van der Waals surface area contributed by atoms with Crippen LogP contribution in [-0.2, 0) is 11.2 Å². The smallest absolute Gasteiger partial charge is 0.342 e. The van der Waals surface area contributed by atoms with E-state index in [2.05, 4.69) is 6.07 Å². The molecule has 3 aromatic carbocycles. The lowest BCUT2D eigenvalue weighted by Gasteiger charge is -2.16. The molecule has 1 aromatic heterocycles. The van der Waals surface area contributed by atoms with Crippen LogP contribution in [0.3, 0.4) is 0 Å². The molecule has 5 heteroatoms. The number of benzene rings is 3. The first-order valence-corrected chi connectivity index (χ1v) is 10.5. The predicted molar refractivity (Wildman–Crippen MR) is 124 cm³/mol. The minimum Gasteiger partial charge on any atom is -0.462 e. The van der Waals surface area contributed by atoms with Crippen molar-refractivity contribution in [1.82, 2.24) is 4.98 Å². The van der Waals surface area contributed by atoms with Crippen molar-refractivity contribution < 1.29 is 14.3 Å². The number of hydrogen-bond donors (Lipinski definition) is 0. The molecule has 1 heterocycles. The quantitative estimate of drug-likeness (QED) is 0.341. The Morgan fingerprint density at radius 1 is 0.969 bits per heavy atom. The lowest BCUT2D eigenvalue weighted by Crippen LogP contribution is -2.10. The summed E-state index contributed by atoms with van der Waals surface area (Å²) in [6, 6.07) is 24.6. The van der Waals surface area contributed by atoms with Gasteiger partial charge in [0.05, 0.1) is 29.5 Å². The third-order valence-corrected chi connectivity index (χ3v) is 5.17. The molecule has 0 bridgehead atoms. The molecule has 4 aromatic rings. The van der Waals surface area contributed by atoms with E-state index in [1.54, 1.807) is 13.0 Å². The number of fused-ring (bicyclic) bond motifs is 1. The van der Waals surface area contributed by atoms with Crippen molar-refractivity contribution in [1.29, 1.82) is 5.26 Å². The van der Waals surface area contributed by atoms with Gasteiger partial charge in [0.2, 0.25) is 0 Å². The largest absolute Gasteiger partial charge is 0.462 e. The highest BCUT2D eigenvalue weighted by atomic mass is 16.5. The number of pyridine rings is 1. The van der Waals surface area contributed by atoms with E-state index in [-0.39, 0.29) is 6.61 Å². The van der Waals surface area contributed by atoms with Crippen LogP contribution in [-0.4, -0.2) is 17.6 Å². The maximum atomic E-state index is 12.9. The van der Waals surface area contributed by atoms with Gasteiger partial charge in [-0.25, -0.2) is 9.78 Å². The van der Waals surface area contributed by atoms with Crippen LogP contribution in [0.4, 0.5) is 0 Å². The van der Waals surface area contributed by atoms with Crippen LogP contribution in [0, 0.1) is 11.3 Å². The summed E-state index contributed by atoms with van der Waals surface area (Å²) < 4.78 is 11.6. The predicted octanol–water partition coefficient (Wildman–Crippen LogP) is 6.30. The van der Waals surface area contributed by atoms with E-state index in [4.69, 9.17) is 14.5 Å². The van der Waals surface area contributed by atoms with Crippen molar-refractivity contribution in [2.45, 2.75) is 20.3 Å². The summed E-state index contributed by atoms with van der Waals surface area (Å²) >= 11 is 0. The molecule has 5 nitrogen and oxygen atoms in total. The summed E-state index contributed by atoms with van der Waals surface area (Å²) in [6.07, 6.45) is 0.597. The fraction of sp³-hybridized carbons (Fsp3) is 0.148. The van der Waals surface area contributed by atoms with Gasteiger partial charge in [-0.3, -0.25) is 0 Å².